The average Bonchev–Trinajstić information content (AvgIpc) is 3.20. The van der Waals surface area contributed by atoms with Crippen LogP contribution in [0.25, 0.3) is 5.69 Å². The molecule has 2 aromatic carbocycles. The molecule has 0 saturated heterocycles. The maximum atomic E-state index is 13.0. The van der Waals surface area contributed by atoms with Crippen molar-refractivity contribution in [2.75, 3.05) is 24.3 Å². The number of aromatic nitrogens is 3. The van der Waals surface area contributed by atoms with Crippen molar-refractivity contribution in [3.8, 4) is 11.4 Å². The van der Waals surface area contributed by atoms with Crippen LogP contribution in [-0.2, 0) is 11.0 Å². The first-order chi connectivity index (χ1) is 13.4. The summed E-state index contributed by atoms with van der Waals surface area (Å²) < 4.78 is 45.5. The number of halogens is 3. The molecule has 146 valence electrons. The van der Waals surface area contributed by atoms with Crippen molar-refractivity contribution in [2.24, 2.45) is 0 Å². The fraction of sp³-hybridized carbons (Fsp3) is 0.167. The van der Waals surface area contributed by atoms with Gasteiger partial charge in [0.25, 0.3) is 0 Å². The first kappa shape index (κ1) is 19.2. The molecule has 0 aliphatic carbocycles. The normalized spacial score (nSPS) is 11.1. The minimum Gasteiger partial charge on any atom is -0.497 e. The Labute approximate surface area is 158 Å². The predicted molar refractivity (Wildman–Crippen MR) is 96.5 cm³/mol. The van der Waals surface area contributed by atoms with Gasteiger partial charge in [0.2, 0.25) is 5.91 Å². The molecule has 0 atom stereocenters. The Morgan fingerprint density at radius 3 is 2.71 bits per heavy atom. The van der Waals surface area contributed by atoms with Gasteiger partial charge in [0.05, 0.1) is 30.6 Å². The zero-order valence-electron chi connectivity index (χ0n) is 14.7. The van der Waals surface area contributed by atoms with E-state index in [1.54, 1.807) is 24.3 Å². The Morgan fingerprint density at radius 1 is 1.21 bits per heavy atom. The highest BCUT2D eigenvalue weighted by atomic mass is 19.4. The van der Waals surface area contributed by atoms with Gasteiger partial charge in [-0.15, -0.1) is 0 Å². The number of methoxy groups -OCH3 is 1. The van der Waals surface area contributed by atoms with E-state index < -0.39 is 17.6 Å². The van der Waals surface area contributed by atoms with Crippen molar-refractivity contribution in [3.05, 3.63) is 60.7 Å². The lowest BCUT2D eigenvalue weighted by Crippen LogP contribution is -2.23. The highest BCUT2D eigenvalue weighted by Crippen LogP contribution is 2.33. The van der Waals surface area contributed by atoms with Gasteiger partial charge in [0.15, 0.2) is 0 Å². The van der Waals surface area contributed by atoms with E-state index in [4.69, 9.17) is 4.74 Å². The smallest absolute Gasteiger partial charge is 0.416 e. The van der Waals surface area contributed by atoms with Crippen LogP contribution >= 0.6 is 0 Å². The number of carbonyl (C=O) groups excluding carboxylic acids is 1. The van der Waals surface area contributed by atoms with Gasteiger partial charge >= 0.3 is 6.18 Å². The summed E-state index contributed by atoms with van der Waals surface area (Å²) in [7, 11) is 1.52. The summed E-state index contributed by atoms with van der Waals surface area (Å²) >= 11 is 0. The molecule has 1 aromatic heterocycles. The molecule has 28 heavy (non-hydrogen) atoms. The molecule has 3 rings (SSSR count). The molecule has 0 fully saturated rings. The molecule has 0 radical (unpaired) electrons. The number of anilines is 2. The van der Waals surface area contributed by atoms with Crippen molar-refractivity contribution in [3.63, 3.8) is 0 Å². The SMILES string of the molecule is COc1cccc(NCC(=O)Nc2cc(C(F)(F)F)ccc2-n2cncn2)c1. The minimum atomic E-state index is -4.54. The van der Waals surface area contributed by atoms with Crippen LogP contribution in [0.15, 0.2) is 55.1 Å². The molecule has 10 heteroatoms. The number of alkyl halides is 3. The van der Waals surface area contributed by atoms with Crippen LogP contribution in [0.3, 0.4) is 0 Å². The molecule has 0 bridgehead atoms. The summed E-state index contributed by atoms with van der Waals surface area (Å²) in [5, 5.41) is 9.28. The number of benzene rings is 2. The zero-order valence-corrected chi connectivity index (χ0v) is 14.7. The first-order valence-electron chi connectivity index (χ1n) is 8.11. The monoisotopic (exact) mass is 391 g/mol. The lowest BCUT2D eigenvalue weighted by atomic mass is 10.1. The Kier molecular flexibility index (Phi) is 5.48. The fourth-order valence-electron chi connectivity index (χ4n) is 2.45. The molecular weight excluding hydrogens is 375 g/mol. The Hall–Kier alpha value is -3.56. The van der Waals surface area contributed by atoms with E-state index in [1.807, 2.05) is 0 Å². The second kappa shape index (κ2) is 7.99. The molecule has 1 amide bonds. The van der Waals surface area contributed by atoms with E-state index in [9.17, 15) is 18.0 Å². The van der Waals surface area contributed by atoms with Crippen LogP contribution in [0.2, 0.25) is 0 Å². The molecule has 0 saturated carbocycles. The van der Waals surface area contributed by atoms with Crippen LogP contribution < -0.4 is 15.4 Å². The lowest BCUT2D eigenvalue weighted by Gasteiger charge is -2.15. The van der Waals surface area contributed by atoms with E-state index in [0.717, 1.165) is 12.1 Å². The number of rotatable bonds is 6. The van der Waals surface area contributed by atoms with Gasteiger partial charge in [0, 0.05) is 11.8 Å². The van der Waals surface area contributed by atoms with Gasteiger partial charge in [-0.3, -0.25) is 4.79 Å². The zero-order chi connectivity index (χ0) is 20.1. The van der Waals surface area contributed by atoms with Crippen molar-refractivity contribution < 1.29 is 22.7 Å². The van der Waals surface area contributed by atoms with E-state index in [-0.39, 0.29) is 17.9 Å². The first-order valence-corrected chi connectivity index (χ1v) is 8.11. The molecule has 0 aliphatic heterocycles. The van der Waals surface area contributed by atoms with Crippen molar-refractivity contribution in [1.29, 1.82) is 0 Å². The lowest BCUT2D eigenvalue weighted by molar-refractivity contribution is -0.137. The quantitative estimate of drug-likeness (QED) is 0.674. The van der Waals surface area contributed by atoms with Crippen LogP contribution in [0.5, 0.6) is 5.75 Å². The maximum absolute atomic E-state index is 13.0. The maximum Gasteiger partial charge on any atom is 0.416 e. The second-order valence-electron chi connectivity index (χ2n) is 5.70. The molecule has 2 N–H and O–H groups in total. The van der Waals surface area contributed by atoms with E-state index >= 15 is 0 Å². The molecule has 3 aromatic rings. The van der Waals surface area contributed by atoms with Crippen LogP contribution in [-0.4, -0.2) is 34.3 Å². The van der Waals surface area contributed by atoms with Gasteiger partial charge in [-0.25, -0.2) is 9.67 Å². The summed E-state index contributed by atoms with van der Waals surface area (Å²) in [6, 6.07) is 9.93. The molecule has 7 nitrogen and oxygen atoms in total. The van der Waals surface area contributed by atoms with Gasteiger partial charge in [-0.1, -0.05) is 6.07 Å². The summed E-state index contributed by atoms with van der Waals surface area (Å²) in [5.41, 5.74) is -0.0135. The second-order valence-corrected chi connectivity index (χ2v) is 5.70. The predicted octanol–water partition coefficient (Wildman–Crippen LogP) is 3.35. The van der Waals surface area contributed by atoms with E-state index in [2.05, 4.69) is 20.7 Å². The van der Waals surface area contributed by atoms with Gasteiger partial charge in [-0.2, -0.15) is 18.3 Å². The van der Waals surface area contributed by atoms with Gasteiger partial charge in [-0.05, 0) is 30.3 Å². The molecule has 0 aliphatic rings. The number of ether oxygens (including phenoxy) is 1. The number of hydrogen-bond acceptors (Lipinski definition) is 5. The number of carbonyl (C=O) groups is 1. The van der Waals surface area contributed by atoms with Gasteiger partial charge < -0.3 is 15.4 Å². The van der Waals surface area contributed by atoms with Gasteiger partial charge in [0.1, 0.15) is 18.4 Å². The summed E-state index contributed by atoms with van der Waals surface area (Å²) in [4.78, 5) is 16.1. The fourth-order valence-corrected chi connectivity index (χ4v) is 2.45. The largest absolute Gasteiger partial charge is 0.497 e. The Balaban J connectivity index is 1.78. The topological polar surface area (TPSA) is 81.1 Å². The number of amides is 1. The third-order valence-corrected chi connectivity index (χ3v) is 3.79. The number of nitrogens with one attached hydrogen (secondary N) is 2. The summed E-state index contributed by atoms with van der Waals surface area (Å²) in [6.45, 7) is -0.153. The average molecular weight is 391 g/mol. The van der Waals surface area contributed by atoms with Crippen LogP contribution in [0, 0.1) is 0 Å². The number of nitrogens with zero attached hydrogens (tertiary/aromatic N) is 3. The minimum absolute atomic E-state index is 0.0298. The molecule has 0 unspecified atom stereocenters. The third-order valence-electron chi connectivity index (χ3n) is 3.79. The highest BCUT2D eigenvalue weighted by Gasteiger charge is 2.31. The van der Waals surface area contributed by atoms with Crippen molar-refractivity contribution in [2.45, 2.75) is 6.18 Å². The molecule has 0 spiro atoms. The van der Waals surface area contributed by atoms with Crippen LogP contribution in [0.4, 0.5) is 24.5 Å². The highest BCUT2D eigenvalue weighted by molar-refractivity contribution is 5.95. The molecule has 1 heterocycles. The standard InChI is InChI=1S/C18H16F3N5O2/c1-28-14-4-2-3-13(8-14)23-9-17(27)25-15-7-12(18(19,20)21)5-6-16(15)26-11-22-10-24-26/h2-8,10-11,23H,9H2,1H3,(H,25,27). The van der Waals surface area contributed by atoms with E-state index in [1.165, 1.54) is 30.5 Å². The third kappa shape index (κ3) is 4.58. The molecular formula is C18H16F3N5O2. The number of hydrogen-bond donors (Lipinski definition) is 2. The van der Waals surface area contributed by atoms with E-state index in [0.29, 0.717) is 11.4 Å². The van der Waals surface area contributed by atoms with Crippen molar-refractivity contribution in [1.82, 2.24) is 14.8 Å². The van der Waals surface area contributed by atoms with Crippen LogP contribution in [0.1, 0.15) is 5.56 Å². The Morgan fingerprint density at radius 2 is 2.04 bits per heavy atom. The summed E-state index contributed by atoms with van der Waals surface area (Å²) in [5.74, 6) is 0.0836. The summed E-state index contributed by atoms with van der Waals surface area (Å²) in [6.07, 6.45) is -1.97. The Bertz CT molecular complexity index is 958. The van der Waals surface area contributed by atoms with Crippen molar-refractivity contribution >= 4 is 17.3 Å².